The van der Waals surface area contributed by atoms with Crippen molar-refractivity contribution in [1.29, 1.82) is 0 Å². The Kier molecular flexibility index (Phi) is 21.8. The number of nitrogens with zero attached hydrogens (tertiary/aromatic N) is 6. The van der Waals surface area contributed by atoms with Crippen LogP contribution in [0.25, 0.3) is 32.3 Å². The fraction of sp³-hybridized carbons (Fsp3) is 0.677. The van der Waals surface area contributed by atoms with Crippen LogP contribution >= 0.6 is 7.82 Å². The van der Waals surface area contributed by atoms with Crippen molar-refractivity contribution in [1.82, 2.24) is 10.3 Å². The first kappa shape index (κ1) is 72.6. The first-order chi connectivity index (χ1) is 41.8. The Morgan fingerprint density at radius 3 is 2.00 bits per heavy atom. The second-order valence-electron chi connectivity index (χ2n) is 27.6. The van der Waals surface area contributed by atoms with Crippen molar-refractivity contribution in [3.05, 3.63) is 85.2 Å². The van der Waals surface area contributed by atoms with Gasteiger partial charge >= 0.3 is 7.82 Å². The van der Waals surface area contributed by atoms with E-state index >= 15 is 0 Å². The molecule has 29 heteroatoms. The van der Waals surface area contributed by atoms with E-state index < -0.39 is 161 Å². The predicted octanol–water partition coefficient (Wildman–Crippen LogP) is 3.90. The molecule has 18 unspecified atom stereocenters. The molecule has 91 heavy (non-hydrogen) atoms. The summed E-state index contributed by atoms with van der Waals surface area (Å²) in [5.74, 6) is -6.90. The van der Waals surface area contributed by atoms with Gasteiger partial charge in [0.1, 0.15) is 18.3 Å². The SMILES string of the molecule is C/C1=C2/[N-]C(/C=C3\[N-]/C(=C(/C)C4[N-]C(C(CC(N)=O)C4(C)CCC(=O)NCC(C)OP(=O)(O)OC4C(CO)OC([n+]5c[n-]c6cc(C)c(C)cc65)C4O)C4(C)[N-]C1C(CCC(N)=O)C4(C)CC(N)=O)C(CCC(N)=O)C3(C)C)C(CCC(N)=O)C2(C)CC(N)=O.[Co]. The number of benzene rings is 1. The zero-order valence-corrected chi connectivity index (χ0v) is 55.7. The summed E-state index contributed by atoms with van der Waals surface area (Å²) in [7, 11) is -5.06. The number of allylic oxidation sites excluding steroid dienone is 3. The second kappa shape index (κ2) is 27.3. The van der Waals surface area contributed by atoms with Crippen LogP contribution in [-0.4, -0.2) is 124 Å². The molecule has 7 amide bonds. The van der Waals surface area contributed by atoms with Crippen LogP contribution in [0.2, 0.25) is 0 Å². The normalized spacial score (nSPS) is 36.4. The molecular weight excluding hydrogens is 1240 g/mol. The summed E-state index contributed by atoms with van der Waals surface area (Å²) >= 11 is 0. The van der Waals surface area contributed by atoms with Gasteiger partial charge in [0.05, 0.1) is 30.1 Å². The van der Waals surface area contributed by atoms with Gasteiger partial charge in [0.15, 0.2) is 6.23 Å². The minimum Gasteiger partial charge on any atom is -0.681 e. The van der Waals surface area contributed by atoms with Crippen LogP contribution in [0.3, 0.4) is 0 Å². The number of carbonyl (C=O) groups is 7. The maximum atomic E-state index is 14.4. The molecule has 8 bridgehead atoms. The molecule has 0 aliphatic carbocycles. The minimum absolute atomic E-state index is 0. The monoisotopic (exact) mass is 1330 g/mol. The number of aliphatic hydroxyl groups excluding tert-OH is 2. The number of rotatable bonds is 26. The van der Waals surface area contributed by atoms with Crippen molar-refractivity contribution in [2.45, 2.75) is 207 Å². The molecule has 18 atom stereocenters. The van der Waals surface area contributed by atoms with E-state index in [1.54, 1.807) is 4.57 Å². The van der Waals surface area contributed by atoms with Gasteiger partial charge in [-0.05, 0) is 129 Å². The third-order valence-corrected chi connectivity index (χ3v) is 22.3. The van der Waals surface area contributed by atoms with Crippen LogP contribution in [0.5, 0.6) is 0 Å². The van der Waals surface area contributed by atoms with Gasteiger partial charge in [-0.2, -0.15) is 17.1 Å². The van der Waals surface area contributed by atoms with Crippen molar-refractivity contribution < 1.29 is 88.4 Å². The number of aryl methyl sites for hydroxylation is 2. The molecule has 2 aromatic rings. The topological polar surface area (TPSA) is 467 Å². The van der Waals surface area contributed by atoms with E-state index in [1.807, 2.05) is 87.4 Å². The number of amides is 7. The Balaban J connectivity index is 0.0000118. The van der Waals surface area contributed by atoms with Gasteiger partial charge in [0.2, 0.25) is 41.4 Å². The summed E-state index contributed by atoms with van der Waals surface area (Å²) in [6.45, 7) is 19.5. The fourth-order valence-electron chi connectivity index (χ4n) is 16.1. The van der Waals surface area contributed by atoms with Crippen LogP contribution in [0.1, 0.15) is 150 Å². The van der Waals surface area contributed by atoms with Crippen LogP contribution < -0.4 is 49.3 Å². The molecule has 0 spiro atoms. The van der Waals surface area contributed by atoms with Crippen molar-refractivity contribution in [2.75, 3.05) is 13.2 Å². The number of phosphoric acid groups is 1. The first-order valence-corrected chi connectivity index (χ1v) is 32.4. The van der Waals surface area contributed by atoms with E-state index in [1.165, 1.54) is 13.3 Å². The molecule has 1 radical (unpaired) electrons. The van der Waals surface area contributed by atoms with Crippen LogP contribution in [0, 0.1) is 59.2 Å². The smallest absolute Gasteiger partial charge is 0.472 e. The number of nitrogens with two attached hydrogens (primary N) is 6. The predicted molar refractivity (Wildman–Crippen MR) is 331 cm³/mol. The van der Waals surface area contributed by atoms with E-state index in [2.05, 4.69) is 10.3 Å². The maximum absolute atomic E-state index is 14.4. The van der Waals surface area contributed by atoms with Gasteiger partial charge in [0, 0.05) is 68.3 Å². The van der Waals surface area contributed by atoms with Gasteiger partial charge in [-0.3, -0.25) is 42.6 Å². The van der Waals surface area contributed by atoms with Crippen LogP contribution in [0.15, 0.2) is 52.8 Å². The molecule has 7 heterocycles. The minimum atomic E-state index is -5.06. The second-order valence-corrected chi connectivity index (χ2v) is 28.9. The number of hydrogen-bond acceptors (Lipinski definition) is 13. The van der Waals surface area contributed by atoms with Crippen molar-refractivity contribution in [2.24, 2.45) is 79.7 Å². The third kappa shape index (κ3) is 14.1. The summed E-state index contributed by atoms with van der Waals surface area (Å²) in [4.78, 5) is 109. The van der Waals surface area contributed by atoms with Crippen molar-refractivity contribution >= 4 is 60.2 Å². The summed E-state index contributed by atoms with van der Waals surface area (Å²) in [6, 6.07) is 0.288. The first-order valence-electron chi connectivity index (χ1n) is 30.9. The molecule has 5 saturated heterocycles. The Labute approximate surface area is 541 Å². The number of fused-ring (bicyclic) bond motifs is 10. The molecule has 1 aromatic carbocycles. The van der Waals surface area contributed by atoms with E-state index in [4.69, 9.17) is 69.5 Å². The molecular formula is C62H92CoN13O14P-4. The standard InChI is InChI=1S/C62H92N13O14P.Co/c1-29-20-39-40(21-30(29)2)75(28-70-39)57-52(84)53(41(27-76)87-57)89-90(85,86)88-31(3)26-69-49(83)18-19-59(8)37(22-46(66)80)56-62(11)61(10,25-48(68)82)36(14-17-45(65)79)51(74-62)33(5)55-60(9,24-47(67)81)34(12-15-43(63)77)38(71-55)23-42-58(6,7)35(13-16-44(64)78)50(72-42)32(4)54(59)73-56;/h20-21,23,28,31,34-38,41,51-54,56-57,76,84H,12-19,22,24-27H2,1-11H3,(H14,63,64,65,66,67,68,69,77,78,79,80,81,82,83,85,86);/q-4;/b42-23-,50-32-,55-33-;. The van der Waals surface area contributed by atoms with Gasteiger partial charge in [-0.1, -0.05) is 47.6 Å². The fourth-order valence-corrected chi connectivity index (χ4v) is 17.3. The number of aromatic nitrogens is 2. The zero-order chi connectivity index (χ0) is 66.7. The number of aliphatic hydroxyl groups is 2. The average molecular weight is 1330 g/mol. The number of phosphoric ester groups is 1. The van der Waals surface area contributed by atoms with E-state index in [-0.39, 0.29) is 94.0 Å². The summed E-state index contributed by atoms with van der Waals surface area (Å²) in [5, 5.41) is 47.0. The van der Waals surface area contributed by atoms with E-state index in [0.29, 0.717) is 39.3 Å². The maximum Gasteiger partial charge on any atom is 0.472 e. The number of ether oxygens (including phenoxy) is 1. The Morgan fingerprint density at radius 2 is 1.41 bits per heavy atom. The summed E-state index contributed by atoms with van der Waals surface area (Å²) in [6.07, 6.45) is -3.95. The largest absolute Gasteiger partial charge is 0.681 e. The summed E-state index contributed by atoms with van der Waals surface area (Å²) < 4.78 is 32.3. The Bertz CT molecular complexity index is 3340. The molecule has 8 rings (SSSR count). The quantitative estimate of drug-likeness (QED) is 0.0472. The molecule has 6 aliphatic heterocycles. The van der Waals surface area contributed by atoms with Gasteiger partial charge < -0.3 is 85.4 Å². The molecule has 27 nitrogen and oxygen atoms in total. The number of hydrogen-bond donors (Lipinski definition) is 10. The Morgan fingerprint density at radius 1 is 0.802 bits per heavy atom. The Hall–Kier alpha value is -5.78. The average Bonchev–Trinajstić information content (AvgIpc) is 1.53. The van der Waals surface area contributed by atoms with Gasteiger partial charge in [-0.25, -0.2) is 9.55 Å². The number of carbonyl (C=O) groups excluding carboxylic acids is 7. The molecule has 6 aliphatic rings. The molecule has 16 N–H and O–H groups in total. The van der Waals surface area contributed by atoms with Gasteiger partial charge in [0.25, 0.3) is 0 Å². The molecule has 5 fully saturated rings. The molecule has 0 saturated carbocycles. The number of imidazole rings is 1. The van der Waals surface area contributed by atoms with E-state index in [0.717, 1.165) is 11.1 Å². The van der Waals surface area contributed by atoms with E-state index in [9.17, 15) is 53.2 Å². The number of primary amides is 6. The van der Waals surface area contributed by atoms with Gasteiger partial charge in [-0.15, -0.1) is 40.9 Å². The zero-order valence-electron chi connectivity index (χ0n) is 53.8. The van der Waals surface area contributed by atoms with Crippen molar-refractivity contribution in [3.63, 3.8) is 0 Å². The third-order valence-electron chi connectivity index (χ3n) is 21.2. The van der Waals surface area contributed by atoms with Crippen LogP contribution in [0.4, 0.5) is 0 Å². The number of nitrogens with one attached hydrogen (secondary N) is 1. The van der Waals surface area contributed by atoms with Crippen LogP contribution in [-0.2, 0) is 68.7 Å². The summed E-state index contributed by atoms with van der Waals surface area (Å²) in [5.41, 5.74) is 36.3. The van der Waals surface area contributed by atoms with Crippen molar-refractivity contribution in [3.8, 4) is 0 Å². The molecule has 507 valence electrons. The molecule has 1 aromatic heterocycles.